The van der Waals surface area contributed by atoms with Crippen molar-refractivity contribution in [2.24, 2.45) is 0 Å². The maximum absolute atomic E-state index is 13.2. The lowest BCUT2D eigenvalue weighted by molar-refractivity contribution is -0.149. The Morgan fingerprint density at radius 3 is 2.38 bits per heavy atom. The number of benzene rings is 2. The number of nitriles is 1. The van der Waals surface area contributed by atoms with Gasteiger partial charge in [0.2, 0.25) is 10.0 Å². The number of esters is 1. The van der Waals surface area contributed by atoms with E-state index in [0.29, 0.717) is 0 Å². The summed E-state index contributed by atoms with van der Waals surface area (Å²) in [7, 11) is -3.72. The summed E-state index contributed by atoms with van der Waals surface area (Å²) >= 11 is 0. The Kier molecular flexibility index (Phi) is 8.53. The fourth-order valence-electron chi connectivity index (χ4n) is 4.79. The Morgan fingerprint density at radius 2 is 1.72 bits per heavy atom. The van der Waals surface area contributed by atoms with E-state index in [1.54, 1.807) is 18.2 Å². The minimum Gasteiger partial charge on any atom is -0.451 e. The lowest BCUT2D eigenvalue weighted by atomic mass is 10.1. The first-order valence-corrected chi connectivity index (χ1v) is 14.3. The molecule has 0 N–H and O–H groups in total. The van der Waals surface area contributed by atoms with Crippen LogP contribution in [-0.2, 0) is 30.9 Å². The van der Waals surface area contributed by atoms with Crippen LogP contribution in [0.1, 0.15) is 30.3 Å². The number of fused-ring (bicyclic) bond motifs is 1. The van der Waals surface area contributed by atoms with Crippen molar-refractivity contribution in [3.05, 3.63) is 71.1 Å². The summed E-state index contributed by atoms with van der Waals surface area (Å²) < 4.78 is 35.0. The van der Waals surface area contributed by atoms with E-state index in [9.17, 15) is 23.3 Å². The second-order valence-electron chi connectivity index (χ2n) is 9.52. The molecule has 1 aromatic heterocycles. The van der Waals surface area contributed by atoms with Crippen molar-refractivity contribution in [3.8, 4) is 6.07 Å². The van der Waals surface area contributed by atoms with Crippen LogP contribution in [0, 0.1) is 25.2 Å². The molecule has 1 saturated heterocycles. The molecule has 0 saturated carbocycles. The first-order valence-electron chi connectivity index (χ1n) is 12.9. The van der Waals surface area contributed by atoms with Gasteiger partial charge in [-0.3, -0.25) is 4.79 Å². The van der Waals surface area contributed by atoms with Gasteiger partial charge in [-0.15, -0.1) is 0 Å². The van der Waals surface area contributed by atoms with Gasteiger partial charge in [0, 0.05) is 44.1 Å². The average Bonchev–Trinajstić information content (AvgIpc) is 3.21. The van der Waals surface area contributed by atoms with Gasteiger partial charge in [0.1, 0.15) is 11.6 Å². The average molecular weight is 549 g/mol. The SMILES string of the molecule is CCCn1c(C)cc(/C=C(/C#N)C(=O)OCC(=O)N2CCN(S(=O)(=O)c3ccc4ccccc4c3)CC2)c1C. The van der Waals surface area contributed by atoms with Gasteiger partial charge in [0.15, 0.2) is 6.61 Å². The van der Waals surface area contributed by atoms with Crippen LogP contribution in [0.15, 0.2) is 59.0 Å². The Balaban J connectivity index is 1.34. The first-order chi connectivity index (χ1) is 18.6. The molecule has 0 bridgehead atoms. The van der Waals surface area contributed by atoms with Crippen LogP contribution in [0.25, 0.3) is 16.8 Å². The van der Waals surface area contributed by atoms with Crippen molar-refractivity contribution < 1.29 is 22.7 Å². The van der Waals surface area contributed by atoms with Gasteiger partial charge in [-0.2, -0.15) is 9.57 Å². The first kappa shape index (κ1) is 28.1. The second kappa shape index (κ2) is 11.8. The van der Waals surface area contributed by atoms with Gasteiger partial charge in [-0.25, -0.2) is 13.2 Å². The van der Waals surface area contributed by atoms with E-state index < -0.39 is 28.5 Å². The van der Waals surface area contributed by atoms with Crippen LogP contribution in [0.3, 0.4) is 0 Å². The second-order valence-corrected chi connectivity index (χ2v) is 11.5. The van der Waals surface area contributed by atoms with E-state index in [0.717, 1.165) is 40.7 Å². The molecule has 1 fully saturated rings. The molecule has 0 aliphatic carbocycles. The molecule has 0 unspecified atom stereocenters. The Bertz CT molecular complexity index is 1570. The highest BCUT2D eigenvalue weighted by atomic mass is 32.2. The molecule has 3 aromatic rings. The number of nitrogens with zero attached hydrogens (tertiary/aromatic N) is 4. The monoisotopic (exact) mass is 548 g/mol. The quantitative estimate of drug-likeness (QED) is 0.241. The summed E-state index contributed by atoms with van der Waals surface area (Å²) in [5.41, 5.74) is 2.54. The maximum atomic E-state index is 13.2. The molecular weight excluding hydrogens is 516 g/mol. The van der Waals surface area contributed by atoms with E-state index in [1.165, 1.54) is 15.3 Å². The molecule has 2 aromatic carbocycles. The van der Waals surface area contributed by atoms with Crippen LogP contribution in [0.5, 0.6) is 0 Å². The molecule has 0 spiro atoms. The summed E-state index contributed by atoms with van der Waals surface area (Å²) in [6, 6.07) is 16.4. The van der Waals surface area contributed by atoms with Crippen molar-refractivity contribution in [1.29, 1.82) is 5.26 Å². The molecule has 10 heteroatoms. The van der Waals surface area contributed by atoms with Gasteiger partial charge in [-0.1, -0.05) is 37.3 Å². The minimum absolute atomic E-state index is 0.131. The van der Waals surface area contributed by atoms with Gasteiger partial charge in [0.05, 0.1) is 4.90 Å². The summed E-state index contributed by atoms with van der Waals surface area (Å²) in [6.07, 6.45) is 2.44. The number of amides is 1. The van der Waals surface area contributed by atoms with Crippen molar-refractivity contribution >= 4 is 38.7 Å². The maximum Gasteiger partial charge on any atom is 0.349 e. The molecule has 1 aliphatic rings. The van der Waals surface area contributed by atoms with E-state index in [-0.39, 0.29) is 36.6 Å². The number of piperazine rings is 1. The highest BCUT2D eigenvalue weighted by molar-refractivity contribution is 7.89. The summed E-state index contributed by atoms with van der Waals surface area (Å²) in [5, 5.41) is 11.3. The van der Waals surface area contributed by atoms with Crippen LogP contribution in [-0.4, -0.2) is 66.9 Å². The van der Waals surface area contributed by atoms with Crippen LogP contribution in [0.4, 0.5) is 0 Å². The Morgan fingerprint density at radius 1 is 1.03 bits per heavy atom. The smallest absolute Gasteiger partial charge is 0.349 e. The summed E-state index contributed by atoms with van der Waals surface area (Å²) in [4.78, 5) is 26.9. The number of hydrogen-bond acceptors (Lipinski definition) is 6. The number of carbonyl (C=O) groups excluding carboxylic acids is 2. The molecule has 39 heavy (non-hydrogen) atoms. The Hall–Kier alpha value is -3.94. The van der Waals surface area contributed by atoms with E-state index in [1.807, 2.05) is 50.2 Å². The van der Waals surface area contributed by atoms with Crippen molar-refractivity contribution in [2.75, 3.05) is 32.8 Å². The van der Waals surface area contributed by atoms with E-state index in [4.69, 9.17) is 4.74 Å². The third-order valence-electron chi connectivity index (χ3n) is 6.98. The minimum atomic E-state index is -3.72. The molecular formula is C29H32N4O5S. The zero-order chi connectivity index (χ0) is 28.2. The summed E-state index contributed by atoms with van der Waals surface area (Å²) in [6.45, 7) is 6.90. The zero-order valence-electron chi connectivity index (χ0n) is 22.4. The molecule has 1 aliphatic heterocycles. The number of ether oxygens (including phenoxy) is 1. The highest BCUT2D eigenvalue weighted by Gasteiger charge is 2.30. The van der Waals surface area contributed by atoms with Crippen molar-refractivity contribution in [3.63, 3.8) is 0 Å². The summed E-state index contributed by atoms with van der Waals surface area (Å²) in [5.74, 6) is -1.31. The van der Waals surface area contributed by atoms with E-state index >= 15 is 0 Å². The third-order valence-corrected chi connectivity index (χ3v) is 8.87. The number of rotatable bonds is 8. The van der Waals surface area contributed by atoms with Crippen LogP contribution < -0.4 is 0 Å². The molecule has 2 heterocycles. The highest BCUT2D eigenvalue weighted by Crippen LogP contribution is 2.23. The predicted molar refractivity (Wildman–Crippen MR) is 148 cm³/mol. The number of sulfonamides is 1. The number of carbonyl (C=O) groups is 2. The molecule has 0 radical (unpaired) electrons. The predicted octanol–water partition coefficient (Wildman–Crippen LogP) is 3.65. The fourth-order valence-corrected chi connectivity index (χ4v) is 6.24. The van der Waals surface area contributed by atoms with Gasteiger partial charge >= 0.3 is 5.97 Å². The number of aromatic nitrogens is 1. The zero-order valence-corrected chi connectivity index (χ0v) is 23.2. The van der Waals surface area contributed by atoms with Gasteiger partial charge < -0.3 is 14.2 Å². The van der Waals surface area contributed by atoms with Crippen LogP contribution >= 0.6 is 0 Å². The van der Waals surface area contributed by atoms with Gasteiger partial charge in [0.25, 0.3) is 5.91 Å². The lowest BCUT2D eigenvalue weighted by Crippen LogP contribution is -2.51. The molecule has 1 amide bonds. The molecule has 4 rings (SSSR count). The lowest BCUT2D eigenvalue weighted by Gasteiger charge is -2.33. The number of aryl methyl sites for hydroxylation is 1. The largest absolute Gasteiger partial charge is 0.451 e. The molecule has 204 valence electrons. The normalized spacial score (nSPS) is 14.8. The van der Waals surface area contributed by atoms with Crippen molar-refractivity contribution in [1.82, 2.24) is 13.8 Å². The van der Waals surface area contributed by atoms with E-state index in [2.05, 4.69) is 11.5 Å². The van der Waals surface area contributed by atoms with Crippen molar-refractivity contribution in [2.45, 2.75) is 38.6 Å². The Labute approximate surface area is 228 Å². The standard InChI is InChI=1S/C29H32N4O5S/c1-4-11-33-21(2)16-25(22(33)3)17-26(19-30)29(35)38-20-28(34)31-12-14-32(15-13-31)39(36,37)27-10-9-23-7-5-6-8-24(23)18-27/h5-10,16-18H,4,11-15,20H2,1-3H3/b26-17-. The topological polar surface area (TPSA) is 113 Å². The fraction of sp³-hybridized carbons (Fsp3) is 0.345. The van der Waals surface area contributed by atoms with Crippen LogP contribution in [0.2, 0.25) is 0 Å². The molecule has 9 nitrogen and oxygen atoms in total. The van der Waals surface area contributed by atoms with Gasteiger partial charge in [-0.05, 0) is 60.9 Å². The number of hydrogen-bond donors (Lipinski definition) is 0. The molecule has 0 atom stereocenters. The third kappa shape index (κ3) is 6.05.